The van der Waals surface area contributed by atoms with Crippen LogP contribution in [0.5, 0.6) is 5.75 Å². The molecule has 31 heavy (non-hydrogen) atoms. The summed E-state index contributed by atoms with van der Waals surface area (Å²) in [4.78, 5) is 23.0. The molecule has 1 aliphatic heterocycles. The number of alkyl halides is 3. The first-order valence-electron chi connectivity index (χ1n) is 9.24. The van der Waals surface area contributed by atoms with E-state index in [-0.39, 0.29) is 35.0 Å². The van der Waals surface area contributed by atoms with Gasteiger partial charge in [0.15, 0.2) is 0 Å². The summed E-state index contributed by atoms with van der Waals surface area (Å²) in [6.45, 7) is 2.00. The van der Waals surface area contributed by atoms with Crippen LogP contribution in [0, 0.1) is 0 Å². The molecule has 2 N–H and O–H groups in total. The van der Waals surface area contributed by atoms with Gasteiger partial charge in [-0.15, -0.1) is 13.2 Å². The highest BCUT2D eigenvalue weighted by molar-refractivity contribution is 6.14. The smallest absolute Gasteiger partial charge is 0.405 e. The minimum absolute atomic E-state index is 0.0871. The Morgan fingerprint density at radius 3 is 2.52 bits per heavy atom. The summed E-state index contributed by atoms with van der Waals surface area (Å²) < 4.78 is 44.1. The van der Waals surface area contributed by atoms with Crippen LogP contribution in [0.2, 0.25) is 0 Å². The quantitative estimate of drug-likeness (QED) is 0.682. The number of hydrogen-bond acceptors (Lipinski definition) is 6. The van der Waals surface area contributed by atoms with Gasteiger partial charge in [-0.1, -0.05) is 18.2 Å². The molecule has 0 atom stereocenters. The molecule has 160 valence electrons. The Kier molecular flexibility index (Phi) is 4.88. The number of nitrogens with zero attached hydrogens (tertiary/aromatic N) is 5. The van der Waals surface area contributed by atoms with E-state index in [9.17, 15) is 18.0 Å². The molecule has 0 fully saturated rings. The first-order valence-corrected chi connectivity index (χ1v) is 9.24. The van der Waals surface area contributed by atoms with Crippen molar-refractivity contribution in [3.05, 3.63) is 53.3 Å². The van der Waals surface area contributed by atoms with E-state index in [0.29, 0.717) is 11.4 Å². The number of fused-ring (bicyclic) bond motifs is 1. The number of carbonyl (C=O) groups excluding carboxylic acids is 1. The van der Waals surface area contributed by atoms with Gasteiger partial charge < -0.3 is 15.4 Å². The molecule has 4 rings (SSSR count). The minimum Gasteiger partial charge on any atom is -0.405 e. The molecule has 0 bridgehead atoms. The van der Waals surface area contributed by atoms with E-state index < -0.39 is 18.0 Å². The zero-order valence-electron chi connectivity index (χ0n) is 16.5. The van der Waals surface area contributed by atoms with E-state index >= 15 is 0 Å². The van der Waals surface area contributed by atoms with Crippen LogP contribution in [0.4, 0.5) is 19.1 Å². The molecule has 11 heteroatoms. The van der Waals surface area contributed by atoms with E-state index in [1.165, 1.54) is 29.2 Å². The number of ether oxygens (including phenoxy) is 1. The van der Waals surface area contributed by atoms with Crippen LogP contribution in [-0.4, -0.2) is 43.5 Å². The lowest BCUT2D eigenvalue weighted by atomic mass is 10.1. The highest BCUT2D eigenvalue weighted by Gasteiger charge is 2.38. The number of aromatic nitrogens is 4. The van der Waals surface area contributed by atoms with E-state index in [0.717, 1.165) is 0 Å². The fraction of sp³-hybridized carbons (Fsp3) is 0.200. The van der Waals surface area contributed by atoms with Crippen molar-refractivity contribution in [2.24, 2.45) is 7.05 Å². The average Bonchev–Trinajstić information content (AvgIpc) is 3.23. The standard InChI is InChI=1S/C20H17F3N6O2/c1-3-29-13(10-11-6-4-5-7-14(11)31-20(21,22)23)17-15(18(29)30)16(25-19(24)26-17)12-8-9-28(2)27-12/h4-10H,3H2,1-2H3,(H2,24,25,26). The van der Waals surface area contributed by atoms with E-state index in [2.05, 4.69) is 19.8 Å². The highest BCUT2D eigenvalue weighted by atomic mass is 19.4. The number of amides is 1. The van der Waals surface area contributed by atoms with E-state index in [4.69, 9.17) is 5.73 Å². The molecule has 0 saturated carbocycles. The highest BCUT2D eigenvalue weighted by Crippen LogP contribution is 2.39. The van der Waals surface area contributed by atoms with E-state index in [1.807, 2.05) is 0 Å². The maximum absolute atomic E-state index is 13.2. The number of aryl methyl sites for hydroxylation is 1. The lowest BCUT2D eigenvalue weighted by Crippen LogP contribution is -2.23. The van der Waals surface area contributed by atoms with Crippen molar-refractivity contribution in [3.63, 3.8) is 0 Å². The van der Waals surface area contributed by atoms with Gasteiger partial charge in [-0.3, -0.25) is 9.48 Å². The van der Waals surface area contributed by atoms with E-state index in [1.54, 1.807) is 37.0 Å². The molecule has 0 radical (unpaired) electrons. The molecule has 1 amide bonds. The normalized spacial score (nSPS) is 14.9. The summed E-state index contributed by atoms with van der Waals surface area (Å²) >= 11 is 0. The van der Waals surface area contributed by atoms with Crippen molar-refractivity contribution in [2.45, 2.75) is 13.3 Å². The fourth-order valence-corrected chi connectivity index (χ4v) is 3.39. The lowest BCUT2D eigenvalue weighted by Gasteiger charge is -2.16. The number of carbonyl (C=O) groups is 1. The van der Waals surface area contributed by atoms with Crippen LogP contribution < -0.4 is 10.5 Å². The second-order valence-electron chi connectivity index (χ2n) is 6.69. The molecule has 3 aromatic rings. The third-order valence-electron chi connectivity index (χ3n) is 4.63. The van der Waals surface area contributed by atoms with Gasteiger partial charge in [0.25, 0.3) is 5.91 Å². The monoisotopic (exact) mass is 430 g/mol. The molecule has 0 saturated heterocycles. The van der Waals surface area contributed by atoms with Crippen LogP contribution >= 0.6 is 0 Å². The summed E-state index contributed by atoms with van der Waals surface area (Å²) in [6.07, 6.45) is -1.75. The number of para-hydroxylation sites is 1. The third kappa shape index (κ3) is 3.81. The molecular weight excluding hydrogens is 413 g/mol. The molecule has 2 aromatic heterocycles. The molecule has 1 aliphatic rings. The Hall–Kier alpha value is -3.89. The summed E-state index contributed by atoms with van der Waals surface area (Å²) in [6, 6.07) is 7.32. The molecule has 0 spiro atoms. The largest absolute Gasteiger partial charge is 0.573 e. The fourth-order valence-electron chi connectivity index (χ4n) is 3.39. The second kappa shape index (κ2) is 7.42. The van der Waals surface area contributed by atoms with Crippen molar-refractivity contribution in [1.82, 2.24) is 24.6 Å². The van der Waals surface area contributed by atoms with Crippen LogP contribution in [0.1, 0.15) is 28.5 Å². The van der Waals surface area contributed by atoms with Gasteiger partial charge in [-0.05, 0) is 25.1 Å². The number of benzene rings is 1. The first-order chi connectivity index (χ1) is 14.7. The van der Waals surface area contributed by atoms with Crippen molar-refractivity contribution >= 4 is 23.6 Å². The molecule has 8 nitrogen and oxygen atoms in total. The van der Waals surface area contributed by atoms with Gasteiger partial charge in [0.2, 0.25) is 5.95 Å². The van der Waals surface area contributed by atoms with Crippen molar-refractivity contribution in [3.8, 4) is 17.1 Å². The zero-order chi connectivity index (χ0) is 22.3. The molecule has 1 aromatic carbocycles. The molecule has 0 unspecified atom stereocenters. The minimum atomic E-state index is -4.86. The lowest BCUT2D eigenvalue weighted by molar-refractivity contribution is -0.274. The molecular formula is C20H17F3N6O2. The van der Waals surface area contributed by atoms with Crippen molar-refractivity contribution in [1.29, 1.82) is 0 Å². The van der Waals surface area contributed by atoms with Crippen molar-refractivity contribution in [2.75, 3.05) is 12.3 Å². The Balaban J connectivity index is 1.91. The van der Waals surface area contributed by atoms with Gasteiger partial charge in [0, 0.05) is 25.4 Å². The maximum Gasteiger partial charge on any atom is 0.573 e. The average molecular weight is 430 g/mol. The van der Waals surface area contributed by atoms with Gasteiger partial charge >= 0.3 is 6.36 Å². The van der Waals surface area contributed by atoms with Gasteiger partial charge in [0.1, 0.15) is 22.8 Å². The van der Waals surface area contributed by atoms with Gasteiger partial charge in [-0.2, -0.15) is 5.10 Å². The number of anilines is 1. The van der Waals surface area contributed by atoms with Gasteiger partial charge in [-0.25, -0.2) is 9.97 Å². The Bertz CT molecular complexity index is 1200. The summed E-state index contributed by atoms with van der Waals surface area (Å²) in [5.41, 5.74) is 7.42. The maximum atomic E-state index is 13.2. The first kappa shape index (κ1) is 20.4. The molecule has 0 aliphatic carbocycles. The summed E-state index contributed by atoms with van der Waals surface area (Å²) in [7, 11) is 1.72. The second-order valence-corrected chi connectivity index (χ2v) is 6.69. The predicted octanol–water partition coefficient (Wildman–Crippen LogP) is 3.33. The van der Waals surface area contributed by atoms with Crippen molar-refractivity contribution < 1.29 is 22.7 Å². The number of halogens is 3. The van der Waals surface area contributed by atoms with Crippen LogP contribution in [-0.2, 0) is 7.05 Å². The van der Waals surface area contributed by atoms with Crippen LogP contribution in [0.3, 0.4) is 0 Å². The zero-order valence-corrected chi connectivity index (χ0v) is 16.5. The predicted molar refractivity (Wildman–Crippen MR) is 106 cm³/mol. The van der Waals surface area contributed by atoms with Crippen LogP contribution in [0.25, 0.3) is 23.2 Å². The van der Waals surface area contributed by atoms with Crippen LogP contribution in [0.15, 0.2) is 36.5 Å². The number of nitrogen functional groups attached to an aromatic ring is 1. The third-order valence-corrected chi connectivity index (χ3v) is 4.63. The Labute approximate surface area is 174 Å². The number of rotatable bonds is 4. The SMILES string of the molecule is CCN1C(=O)c2c(nc(N)nc2-c2ccn(C)n2)C1=Cc1ccccc1OC(F)(F)F. The summed E-state index contributed by atoms with van der Waals surface area (Å²) in [5, 5.41) is 4.28. The number of hydrogen-bond donors (Lipinski definition) is 1. The number of nitrogens with two attached hydrogens (primary N) is 1. The molecule has 3 heterocycles. The summed E-state index contributed by atoms with van der Waals surface area (Å²) in [5.74, 6) is -0.874. The van der Waals surface area contributed by atoms with Gasteiger partial charge in [0.05, 0.1) is 11.3 Å². The Morgan fingerprint density at radius 1 is 1.16 bits per heavy atom. The topological polar surface area (TPSA) is 99.2 Å². The Morgan fingerprint density at radius 2 is 1.87 bits per heavy atom.